The largest absolute Gasteiger partial charge is 0.481 e. The summed E-state index contributed by atoms with van der Waals surface area (Å²) in [5.41, 5.74) is 0. The van der Waals surface area contributed by atoms with Gasteiger partial charge in [0, 0.05) is 5.02 Å². The molecule has 1 aromatic carbocycles. The fourth-order valence-corrected chi connectivity index (χ4v) is 2.46. The van der Waals surface area contributed by atoms with Crippen LogP contribution in [0.4, 0.5) is 0 Å². The van der Waals surface area contributed by atoms with Crippen molar-refractivity contribution in [2.75, 3.05) is 6.61 Å². The van der Waals surface area contributed by atoms with Gasteiger partial charge < -0.3 is 15.2 Å². The Hall–Kier alpha value is -1.17. The molecule has 0 spiro atoms. The highest BCUT2D eigenvalue weighted by Gasteiger charge is 2.23. The second-order valence-corrected chi connectivity index (χ2v) is 5.87. The number of rotatable bonds is 6. The van der Waals surface area contributed by atoms with Gasteiger partial charge in [0.1, 0.15) is 6.04 Å². The Bertz CT molecular complexity index is 525. The predicted molar refractivity (Wildman–Crippen MR) is 81.4 cm³/mol. The van der Waals surface area contributed by atoms with Gasteiger partial charge in [-0.15, -0.1) is 0 Å². The Morgan fingerprint density at radius 3 is 2.19 bits per heavy atom. The summed E-state index contributed by atoms with van der Waals surface area (Å²) >= 11 is 17.6. The van der Waals surface area contributed by atoms with E-state index < -0.39 is 24.5 Å². The highest BCUT2D eigenvalue weighted by atomic mass is 35.5. The first-order valence-corrected chi connectivity index (χ1v) is 7.15. The molecule has 1 aromatic rings. The van der Waals surface area contributed by atoms with E-state index in [1.165, 1.54) is 12.1 Å². The van der Waals surface area contributed by atoms with Gasteiger partial charge in [-0.05, 0) is 18.1 Å². The van der Waals surface area contributed by atoms with Gasteiger partial charge in [-0.2, -0.15) is 0 Å². The zero-order valence-electron chi connectivity index (χ0n) is 11.3. The first kappa shape index (κ1) is 17.9. The van der Waals surface area contributed by atoms with Crippen LogP contribution in [-0.4, -0.2) is 29.6 Å². The third-order valence-electron chi connectivity index (χ3n) is 2.56. The van der Waals surface area contributed by atoms with Crippen molar-refractivity contribution < 1.29 is 19.4 Å². The van der Waals surface area contributed by atoms with E-state index in [4.69, 9.17) is 44.6 Å². The number of aliphatic carboxylic acids is 1. The molecule has 0 aliphatic rings. The molecule has 0 bridgehead atoms. The maximum Gasteiger partial charge on any atom is 0.326 e. The number of carboxylic acids is 1. The van der Waals surface area contributed by atoms with E-state index in [9.17, 15) is 9.59 Å². The molecule has 0 fully saturated rings. The molecule has 5 nitrogen and oxygen atoms in total. The third-order valence-corrected chi connectivity index (χ3v) is 3.34. The Kier molecular flexibility index (Phi) is 6.58. The van der Waals surface area contributed by atoms with Crippen molar-refractivity contribution in [1.29, 1.82) is 0 Å². The van der Waals surface area contributed by atoms with Crippen LogP contribution in [0.1, 0.15) is 13.8 Å². The van der Waals surface area contributed by atoms with E-state index in [0.717, 1.165) is 0 Å². The zero-order chi connectivity index (χ0) is 16.2. The number of ether oxygens (including phenoxy) is 1. The highest BCUT2D eigenvalue weighted by Crippen LogP contribution is 2.35. The number of carboxylic acid groups (broad SMARTS) is 1. The summed E-state index contributed by atoms with van der Waals surface area (Å²) in [7, 11) is 0. The van der Waals surface area contributed by atoms with Crippen molar-refractivity contribution in [2.45, 2.75) is 19.9 Å². The summed E-state index contributed by atoms with van der Waals surface area (Å²) in [4.78, 5) is 22.7. The normalized spacial score (nSPS) is 12.1. The van der Waals surface area contributed by atoms with E-state index in [-0.39, 0.29) is 21.7 Å². The summed E-state index contributed by atoms with van der Waals surface area (Å²) < 4.78 is 5.22. The second kappa shape index (κ2) is 7.73. The molecular weight excluding hydrogens is 341 g/mol. The van der Waals surface area contributed by atoms with E-state index >= 15 is 0 Å². The third kappa shape index (κ3) is 5.26. The Labute approximate surface area is 137 Å². The first-order valence-electron chi connectivity index (χ1n) is 6.02. The summed E-state index contributed by atoms with van der Waals surface area (Å²) in [5.74, 6) is -1.83. The standard InChI is InChI=1S/C13H14Cl3NO4/c1-6(2)11(13(19)20)17-10(18)5-21-12-8(15)3-7(14)4-9(12)16/h3-4,6,11H,5H2,1-2H3,(H,17,18)(H,19,20)/t11-/m0/s1. The van der Waals surface area contributed by atoms with Crippen molar-refractivity contribution in [3.8, 4) is 5.75 Å². The van der Waals surface area contributed by atoms with E-state index in [0.29, 0.717) is 5.02 Å². The molecule has 1 amide bonds. The lowest BCUT2D eigenvalue weighted by molar-refractivity contribution is -0.143. The maximum atomic E-state index is 11.7. The molecule has 2 N–H and O–H groups in total. The van der Waals surface area contributed by atoms with Gasteiger partial charge in [0.15, 0.2) is 12.4 Å². The zero-order valence-corrected chi connectivity index (χ0v) is 13.6. The number of hydrogen-bond acceptors (Lipinski definition) is 3. The molecule has 1 atom stereocenters. The van der Waals surface area contributed by atoms with Crippen molar-refractivity contribution in [3.05, 3.63) is 27.2 Å². The van der Waals surface area contributed by atoms with Gasteiger partial charge in [-0.25, -0.2) is 4.79 Å². The molecule has 0 saturated carbocycles. The van der Waals surface area contributed by atoms with Crippen molar-refractivity contribution >= 4 is 46.7 Å². The maximum absolute atomic E-state index is 11.7. The number of benzene rings is 1. The molecule has 116 valence electrons. The van der Waals surface area contributed by atoms with Gasteiger partial charge in [-0.3, -0.25) is 4.79 Å². The lowest BCUT2D eigenvalue weighted by Gasteiger charge is -2.18. The van der Waals surface area contributed by atoms with Gasteiger partial charge in [0.2, 0.25) is 0 Å². The van der Waals surface area contributed by atoms with Crippen molar-refractivity contribution in [2.24, 2.45) is 5.92 Å². The van der Waals surface area contributed by atoms with Crippen LogP contribution in [-0.2, 0) is 9.59 Å². The van der Waals surface area contributed by atoms with Gasteiger partial charge in [0.25, 0.3) is 5.91 Å². The van der Waals surface area contributed by atoms with Crippen LogP contribution >= 0.6 is 34.8 Å². The van der Waals surface area contributed by atoms with Crippen LogP contribution in [0.2, 0.25) is 15.1 Å². The number of hydrogen-bond donors (Lipinski definition) is 2. The lowest BCUT2D eigenvalue weighted by Crippen LogP contribution is -2.46. The molecule has 0 aromatic heterocycles. The SMILES string of the molecule is CC(C)[C@H](NC(=O)COc1c(Cl)cc(Cl)cc1Cl)C(=O)O. The Morgan fingerprint density at radius 2 is 1.76 bits per heavy atom. The lowest BCUT2D eigenvalue weighted by atomic mass is 10.1. The molecule has 21 heavy (non-hydrogen) atoms. The summed E-state index contributed by atoms with van der Waals surface area (Å²) in [6.07, 6.45) is 0. The van der Waals surface area contributed by atoms with E-state index in [1.54, 1.807) is 13.8 Å². The van der Waals surface area contributed by atoms with Crippen LogP contribution in [0.25, 0.3) is 0 Å². The summed E-state index contributed by atoms with van der Waals surface area (Å²) in [5, 5.41) is 12.0. The molecule has 0 unspecified atom stereocenters. The number of carbonyl (C=O) groups is 2. The minimum Gasteiger partial charge on any atom is -0.481 e. The monoisotopic (exact) mass is 353 g/mol. The van der Waals surface area contributed by atoms with Crippen LogP contribution in [0, 0.1) is 5.92 Å². The molecule has 0 aliphatic carbocycles. The summed E-state index contributed by atoms with van der Waals surface area (Å²) in [6, 6.07) is 1.87. The number of amides is 1. The van der Waals surface area contributed by atoms with Crippen LogP contribution in [0.5, 0.6) is 5.75 Å². The molecular formula is C13H14Cl3NO4. The number of nitrogens with one attached hydrogen (secondary N) is 1. The Morgan fingerprint density at radius 1 is 1.24 bits per heavy atom. The van der Waals surface area contributed by atoms with Crippen LogP contribution in [0.15, 0.2) is 12.1 Å². The highest BCUT2D eigenvalue weighted by molar-refractivity contribution is 6.40. The minimum absolute atomic E-state index is 0.120. The van der Waals surface area contributed by atoms with Gasteiger partial charge >= 0.3 is 5.97 Å². The van der Waals surface area contributed by atoms with Crippen LogP contribution < -0.4 is 10.1 Å². The second-order valence-electron chi connectivity index (χ2n) is 4.61. The fraction of sp³-hybridized carbons (Fsp3) is 0.385. The molecule has 0 heterocycles. The van der Waals surface area contributed by atoms with Crippen LogP contribution in [0.3, 0.4) is 0 Å². The van der Waals surface area contributed by atoms with Crippen molar-refractivity contribution in [1.82, 2.24) is 5.32 Å². The Balaban J connectivity index is 2.67. The average molecular weight is 355 g/mol. The smallest absolute Gasteiger partial charge is 0.326 e. The molecule has 8 heteroatoms. The average Bonchev–Trinajstić information content (AvgIpc) is 2.33. The van der Waals surface area contributed by atoms with Gasteiger partial charge in [0.05, 0.1) is 10.0 Å². The fourth-order valence-electron chi connectivity index (χ4n) is 1.53. The van der Waals surface area contributed by atoms with E-state index in [2.05, 4.69) is 5.32 Å². The number of halogens is 3. The minimum atomic E-state index is -1.11. The quantitative estimate of drug-likeness (QED) is 0.822. The predicted octanol–water partition coefficient (Wildman–Crippen LogP) is 3.25. The number of carbonyl (C=O) groups excluding carboxylic acids is 1. The molecule has 0 radical (unpaired) electrons. The molecule has 0 saturated heterocycles. The first-order chi connectivity index (χ1) is 9.72. The van der Waals surface area contributed by atoms with Crippen molar-refractivity contribution in [3.63, 3.8) is 0 Å². The topological polar surface area (TPSA) is 75.6 Å². The summed E-state index contributed by atoms with van der Waals surface area (Å²) in [6.45, 7) is 2.97. The van der Waals surface area contributed by atoms with Gasteiger partial charge in [-0.1, -0.05) is 48.7 Å². The molecule has 0 aliphatic heterocycles. The molecule has 1 rings (SSSR count). The van der Waals surface area contributed by atoms with E-state index in [1.807, 2.05) is 0 Å².